The molecule has 1 aliphatic carbocycles. The predicted molar refractivity (Wildman–Crippen MR) is 78.4 cm³/mol. The first-order valence-electron chi connectivity index (χ1n) is 7.52. The van der Waals surface area contributed by atoms with Crippen molar-refractivity contribution >= 4 is 0 Å². The van der Waals surface area contributed by atoms with Crippen molar-refractivity contribution in [1.29, 1.82) is 0 Å². The first-order valence-corrected chi connectivity index (χ1v) is 7.52. The fraction of sp³-hybridized carbons (Fsp3) is 0.647. The molecule has 0 saturated heterocycles. The second-order valence-corrected chi connectivity index (χ2v) is 6.61. The van der Waals surface area contributed by atoms with Gasteiger partial charge in [0.1, 0.15) is 5.82 Å². The molecule has 0 aromatic heterocycles. The van der Waals surface area contributed by atoms with E-state index in [9.17, 15) is 4.39 Å². The number of benzene rings is 1. The van der Waals surface area contributed by atoms with Crippen LogP contribution in [0.2, 0.25) is 0 Å². The monoisotopic (exact) mass is 263 g/mol. The van der Waals surface area contributed by atoms with Crippen LogP contribution in [0.5, 0.6) is 0 Å². The van der Waals surface area contributed by atoms with Gasteiger partial charge < -0.3 is 5.73 Å². The lowest BCUT2D eigenvalue weighted by Gasteiger charge is -2.37. The number of hydrogen-bond donors (Lipinski definition) is 1. The Balaban J connectivity index is 2.09. The SMILES string of the molecule is CC(C)CC1(C(N)Cc2cccc(F)c2)CCCC1. The van der Waals surface area contributed by atoms with Crippen LogP contribution in [0, 0.1) is 17.2 Å². The van der Waals surface area contributed by atoms with Gasteiger partial charge in [-0.1, -0.05) is 38.8 Å². The summed E-state index contributed by atoms with van der Waals surface area (Å²) in [5.74, 6) is 0.519. The summed E-state index contributed by atoms with van der Waals surface area (Å²) in [5.41, 5.74) is 7.83. The highest BCUT2D eigenvalue weighted by molar-refractivity contribution is 5.18. The standard InChI is InChI=1S/C17H26FN/c1-13(2)12-17(8-3-4-9-17)16(19)11-14-6-5-7-15(18)10-14/h5-7,10,13,16H,3-4,8-9,11-12,19H2,1-2H3. The maximum atomic E-state index is 13.3. The Labute approximate surface area is 116 Å². The lowest BCUT2D eigenvalue weighted by molar-refractivity contribution is 0.181. The lowest BCUT2D eigenvalue weighted by atomic mass is 9.71. The van der Waals surface area contributed by atoms with E-state index in [2.05, 4.69) is 13.8 Å². The number of nitrogens with two attached hydrogens (primary N) is 1. The average Bonchev–Trinajstić information content (AvgIpc) is 2.78. The molecule has 1 aromatic carbocycles. The van der Waals surface area contributed by atoms with Crippen LogP contribution in [-0.4, -0.2) is 6.04 Å². The smallest absolute Gasteiger partial charge is 0.123 e. The van der Waals surface area contributed by atoms with Crippen molar-refractivity contribution < 1.29 is 4.39 Å². The summed E-state index contributed by atoms with van der Waals surface area (Å²) in [6.07, 6.45) is 7.06. The Kier molecular flexibility index (Phi) is 4.62. The van der Waals surface area contributed by atoms with Crippen LogP contribution in [0.1, 0.15) is 51.5 Å². The quantitative estimate of drug-likeness (QED) is 0.842. The number of halogens is 1. The molecule has 2 rings (SSSR count). The maximum Gasteiger partial charge on any atom is 0.123 e. The zero-order valence-corrected chi connectivity index (χ0v) is 12.2. The normalized spacial score (nSPS) is 19.8. The lowest BCUT2D eigenvalue weighted by Crippen LogP contribution is -2.42. The van der Waals surface area contributed by atoms with Crippen LogP contribution in [0.4, 0.5) is 4.39 Å². The van der Waals surface area contributed by atoms with Gasteiger partial charge in [0.05, 0.1) is 0 Å². The van der Waals surface area contributed by atoms with Crippen molar-refractivity contribution in [3.05, 3.63) is 35.6 Å². The molecule has 0 spiro atoms. The van der Waals surface area contributed by atoms with Crippen LogP contribution in [0.25, 0.3) is 0 Å². The van der Waals surface area contributed by atoms with Crippen molar-refractivity contribution in [2.75, 3.05) is 0 Å². The van der Waals surface area contributed by atoms with Gasteiger partial charge in [-0.3, -0.25) is 0 Å². The van der Waals surface area contributed by atoms with Crippen molar-refractivity contribution in [2.45, 2.75) is 58.4 Å². The first kappa shape index (κ1) is 14.5. The first-order chi connectivity index (χ1) is 9.02. The molecule has 19 heavy (non-hydrogen) atoms. The second-order valence-electron chi connectivity index (χ2n) is 6.61. The summed E-state index contributed by atoms with van der Waals surface area (Å²) in [7, 11) is 0. The van der Waals surface area contributed by atoms with Crippen molar-refractivity contribution in [2.24, 2.45) is 17.1 Å². The van der Waals surface area contributed by atoms with E-state index in [-0.39, 0.29) is 17.3 Å². The minimum Gasteiger partial charge on any atom is -0.327 e. The third kappa shape index (κ3) is 3.56. The summed E-state index contributed by atoms with van der Waals surface area (Å²) in [6.45, 7) is 4.55. The van der Waals surface area contributed by atoms with Crippen LogP contribution < -0.4 is 5.73 Å². The van der Waals surface area contributed by atoms with E-state index < -0.39 is 0 Å². The van der Waals surface area contributed by atoms with Gasteiger partial charge in [-0.2, -0.15) is 0 Å². The van der Waals surface area contributed by atoms with Gasteiger partial charge in [0, 0.05) is 6.04 Å². The fourth-order valence-electron chi connectivity index (χ4n) is 3.75. The Bertz CT molecular complexity index is 407. The molecule has 0 radical (unpaired) electrons. The summed E-state index contributed by atoms with van der Waals surface area (Å²) >= 11 is 0. The minimum atomic E-state index is -0.158. The topological polar surface area (TPSA) is 26.0 Å². The molecule has 0 aliphatic heterocycles. The number of rotatable bonds is 5. The van der Waals surface area contributed by atoms with E-state index in [1.807, 2.05) is 6.07 Å². The zero-order valence-electron chi connectivity index (χ0n) is 12.2. The van der Waals surface area contributed by atoms with E-state index in [4.69, 9.17) is 5.73 Å². The molecule has 0 heterocycles. The van der Waals surface area contributed by atoms with Gasteiger partial charge in [-0.15, -0.1) is 0 Å². The molecular formula is C17H26FN. The van der Waals surface area contributed by atoms with Crippen molar-refractivity contribution in [3.8, 4) is 0 Å². The molecular weight excluding hydrogens is 237 g/mol. The molecule has 1 unspecified atom stereocenters. The summed E-state index contributed by atoms with van der Waals surface area (Å²) in [5, 5.41) is 0. The molecule has 2 N–H and O–H groups in total. The van der Waals surface area contributed by atoms with Gasteiger partial charge in [0.15, 0.2) is 0 Å². The third-order valence-electron chi connectivity index (χ3n) is 4.55. The van der Waals surface area contributed by atoms with Gasteiger partial charge in [-0.05, 0) is 54.7 Å². The highest BCUT2D eigenvalue weighted by Crippen LogP contribution is 2.46. The van der Waals surface area contributed by atoms with Gasteiger partial charge >= 0.3 is 0 Å². The van der Waals surface area contributed by atoms with Crippen LogP contribution >= 0.6 is 0 Å². The minimum absolute atomic E-state index is 0.152. The van der Waals surface area contributed by atoms with Gasteiger partial charge in [-0.25, -0.2) is 4.39 Å². The van der Waals surface area contributed by atoms with Crippen LogP contribution in [-0.2, 0) is 6.42 Å². The largest absolute Gasteiger partial charge is 0.327 e. The maximum absolute atomic E-state index is 13.3. The highest BCUT2D eigenvalue weighted by Gasteiger charge is 2.39. The molecule has 1 saturated carbocycles. The Hall–Kier alpha value is -0.890. The van der Waals surface area contributed by atoms with E-state index in [0.717, 1.165) is 12.0 Å². The molecule has 106 valence electrons. The van der Waals surface area contributed by atoms with Crippen LogP contribution in [0.3, 0.4) is 0 Å². The molecule has 1 nitrogen and oxygen atoms in total. The Morgan fingerprint density at radius 3 is 2.53 bits per heavy atom. The van der Waals surface area contributed by atoms with E-state index in [1.54, 1.807) is 12.1 Å². The van der Waals surface area contributed by atoms with Crippen LogP contribution in [0.15, 0.2) is 24.3 Å². The molecule has 0 bridgehead atoms. The molecule has 1 aliphatic rings. The second kappa shape index (κ2) is 6.04. The highest BCUT2D eigenvalue weighted by atomic mass is 19.1. The predicted octanol–water partition coefficient (Wildman–Crippen LogP) is 4.30. The molecule has 1 fully saturated rings. The molecule has 1 atom stereocenters. The molecule has 2 heteroatoms. The summed E-state index contributed by atoms with van der Waals surface area (Å²) in [4.78, 5) is 0. The van der Waals surface area contributed by atoms with Gasteiger partial charge in [0.2, 0.25) is 0 Å². The van der Waals surface area contributed by atoms with E-state index in [1.165, 1.54) is 38.2 Å². The van der Waals surface area contributed by atoms with Crippen molar-refractivity contribution in [3.63, 3.8) is 0 Å². The summed E-state index contributed by atoms with van der Waals surface area (Å²) in [6, 6.07) is 7.04. The Morgan fingerprint density at radius 1 is 1.26 bits per heavy atom. The number of hydrogen-bond acceptors (Lipinski definition) is 1. The van der Waals surface area contributed by atoms with Gasteiger partial charge in [0.25, 0.3) is 0 Å². The average molecular weight is 263 g/mol. The summed E-state index contributed by atoms with van der Waals surface area (Å²) < 4.78 is 13.3. The third-order valence-corrected chi connectivity index (χ3v) is 4.55. The Morgan fingerprint density at radius 2 is 1.95 bits per heavy atom. The fourth-order valence-corrected chi connectivity index (χ4v) is 3.75. The molecule has 1 aromatic rings. The van der Waals surface area contributed by atoms with Crippen molar-refractivity contribution in [1.82, 2.24) is 0 Å². The van der Waals surface area contributed by atoms with E-state index in [0.29, 0.717) is 5.92 Å². The zero-order chi connectivity index (χ0) is 13.9. The van der Waals surface area contributed by atoms with E-state index >= 15 is 0 Å². The molecule has 0 amide bonds.